The van der Waals surface area contributed by atoms with Gasteiger partial charge in [0.2, 0.25) is 5.91 Å². The van der Waals surface area contributed by atoms with E-state index in [4.69, 9.17) is 0 Å². The number of aromatic nitrogens is 4. The Morgan fingerprint density at radius 2 is 1.90 bits per heavy atom. The largest absolute Gasteiger partial charge is 0.339 e. The molecule has 4 rings (SSSR count). The Morgan fingerprint density at radius 3 is 2.55 bits per heavy atom. The standard InChI is InChI=1S/C18H24N6O3S2/c1-22-17(14-2-5-19-6-3-14)20-21-18(22)28-12-16(25)24-9-7-23(8-10-24)15-4-11-29(26,27)13-15/h2-3,5-6,15H,4,7-13H2,1H3. The Labute approximate surface area is 174 Å². The number of sulfone groups is 1. The van der Waals surface area contributed by atoms with Crippen molar-refractivity contribution in [2.75, 3.05) is 43.4 Å². The van der Waals surface area contributed by atoms with E-state index in [0.717, 1.165) is 24.5 Å². The van der Waals surface area contributed by atoms with E-state index in [9.17, 15) is 13.2 Å². The van der Waals surface area contributed by atoms with Crippen LogP contribution >= 0.6 is 11.8 Å². The Kier molecular flexibility index (Phi) is 5.88. The van der Waals surface area contributed by atoms with Crippen molar-refractivity contribution in [3.05, 3.63) is 24.5 Å². The van der Waals surface area contributed by atoms with Gasteiger partial charge in [-0.15, -0.1) is 10.2 Å². The van der Waals surface area contributed by atoms with Gasteiger partial charge in [0.05, 0.1) is 17.3 Å². The predicted molar refractivity (Wildman–Crippen MR) is 110 cm³/mol. The molecule has 2 fully saturated rings. The first-order valence-electron chi connectivity index (χ1n) is 9.58. The topological polar surface area (TPSA) is 101 Å². The molecule has 0 spiro atoms. The molecule has 0 saturated carbocycles. The van der Waals surface area contributed by atoms with Crippen molar-refractivity contribution in [1.82, 2.24) is 29.5 Å². The average Bonchev–Trinajstić information content (AvgIpc) is 3.28. The molecule has 0 aliphatic carbocycles. The van der Waals surface area contributed by atoms with Gasteiger partial charge in [0.25, 0.3) is 0 Å². The molecule has 11 heteroatoms. The molecule has 2 aliphatic heterocycles. The summed E-state index contributed by atoms with van der Waals surface area (Å²) in [4.78, 5) is 20.7. The maximum absolute atomic E-state index is 12.6. The molecule has 2 saturated heterocycles. The summed E-state index contributed by atoms with van der Waals surface area (Å²) in [7, 11) is -0.994. The van der Waals surface area contributed by atoms with E-state index in [1.807, 2.05) is 28.6 Å². The van der Waals surface area contributed by atoms with E-state index in [1.54, 1.807) is 12.4 Å². The van der Waals surface area contributed by atoms with Gasteiger partial charge in [-0.2, -0.15) is 0 Å². The molecule has 9 nitrogen and oxygen atoms in total. The van der Waals surface area contributed by atoms with E-state index in [0.29, 0.717) is 30.4 Å². The van der Waals surface area contributed by atoms with E-state index < -0.39 is 9.84 Å². The van der Waals surface area contributed by atoms with Crippen LogP contribution < -0.4 is 0 Å². The van der Waals surface area contributed by atoms with Gasteiger partial charge in [0.15, 0.2) is 20.8 Å². The predicted octanol–water partition coefficient (Wildman–Crippen LogP) is 0.301. The lowest BCUT2D eigenvalue weighted by Gasteiger charge is -2.37. The van der Waals surface area contributed by atoms with Crippen molar-refractivity contribution >= 4 is 27.5 Å². The van der Waals surface area contributed by atoms with Crippen LogP contribution in [-0.2, 0) is 21.7 Å². The summed E-state index contributed by atoms with van der Waals surface area (Å²) in [5.41, 5.74) is 0.929. The number of piperazine rings is 1. The number of thioether (sulfide) groups is 1. The quantitative estimate of drug-likeness (QED) is 0.617. The highest BCUT2D eigenvalue weighted by Crippen LogP contribution is 2.23. The first-order valence-corrected chi connectivity index (χ1v) is 12.4. The molecule has 4 heterocycles. The van der Waals surface area contributed by atoms with Crippen LogP contribution in [0.2, 0.25) is 0 Å². The average molecular weight is 437 g/mol. The third-order valence-electron chi connectivity index (χ3n) is 5.49. The fourth-order valence-corrected chi connectivity index (χ4v) is 6.39. The summed E-state index contributed by atoms with van der Waals surface area (Å²) in [6, 6.07) is 3.86. The summed E-state index contributed by atoms with van der Waals surface area (Å²) >= 11 is 1.38. The van der Waals surface area contributed by atoms with Crippen LogP contribution in [0.3, 0.4) is 0 Å². The number of rotatable bonds is 5. The number of amides is 1. The van der Waals surface area contributed by atoms with Crippen LogP contribution in [0, 0.1) is 0 Å². The molecule has 2 aromatic heterocycles. The zero-order chi connectivity index (χ0) is 20.4. The van der Waals surface area contributed by atoms with E-state index in [-0.39, 0.29) is 23.5 Å². The molecule has 0 bridgehead atoms. The van der Waals surface area contributed by atoms with Crippen LogP contribution in [0.15, 0.2) is 29.7 Å². The highest BCUT2D eigenvalue weighted by atomic mass is 32.2. The van der Waals surface area contributed by atoms with Gasteiger partial charge in [-0.05, 0) is 18.6 Å². The summed E-state index contributed by atoms with van der Waals surface area (Å²) in [5.74, 6) is 1.65. The number of carbonyl (C=O) groups excluding carboxylic acids is 1. The Bertz CT molecular complexity index is 971. The molecule has 1 amide bonds. The third-order valence-corrected chi connectivity index (χ3v) is 8.25. The van der Waals surface area contributed by atoms with Gasteiger partial charge in [-0.25, -0.2) is 8.42 Å². The second-order valence-corrected chi connectivity index (χ2v) is 10.5. The summed E-state index contributed by atoms with van der Waals surface area (Å²) in [5, 5.41) is 9.13. The van der Waals surface area contributed by atoms with Gasteiger partial charge in [0.1, 0.15) is 0 Å². The van der Waals surface area contributed by atoms with Crippen LogP contribution in [-0.4, -0.2) is 93.4 Å². The van der Waals surface area contributed by atoms with E-state index in [2.05, 4.69) is 20.1 Å². The first-order chi connectivity index (χ1) is 13.9. The highest BCUT2D eigenvalue weighted by Gasteiger charge is 2.34. The summed E-state index contributed by atoms with van der Waals surface area (Å²) < 4.78 is 25.3. The number of hydrogen-bond acceptors (Lipinski definition) is 8. The van der Waals surface area contributed by atoms with Crippen molar-refractivity contribution in [2.24, 2.45) is 7.05 Å². The number of pyridine rings is 1. The van der Waals surface area contributed by atoms with E-state index in [1.165, 1.54) is 11.8 Å². The van der Waals surface area contributed by atoms with Gasteiger partial charge >= 0.3 is 0 Å². The minimum absolute atomic E-state index is 0.0714. The summed E-state index contributed by atoms with van der Waals surface area (Å²) in [6.45, 7) is 2.73. The first kappa shape index (κ1) is 20.3. The Morgan fingerprint density at radius 1 is 1.17 bits per heavy atom. The molecule has 2 aliphatic rings. The Hall–Kier alpha value is -1.98. The minimum atomic E-state index is -2.88. The van der Waals surface area contributed by atoms with Gasteiger partial charge in [-0.3, -0.25) is 14.7 Å². The third kappa shape index (κ3) is 4.62. The van der Waals surface area contributed by atoms with Crippen molar-refractivity contribution in [3.63, 3.8) is 0 Å². The smallest absolute Gasteiger partial charge is 0.233 e. The zero-order valence-electron chi connectivity index (χ0n) is 16.3. The number of hydrogen-bond donors (Lipinski definition) is 0. The molecular weight excluding hydrogens is 412 g/mol. The van der Waals surface area contributed by atoms with Crippen molar-refractivity contribution in [1.29, 1.82) is 0 Å². The molecule has 156 valence electrons. The fraction of sp³-hybridized carbons (Fsp3) is 0.556. The normalized spacial score (nSPS) is 22.1. The molecular formula is C18H24N6O3S2. The van der Waals surface area contributed by atoms with Gasteiger partial charge in [-0.1, -0.05) is 11.8 Å². The highest BCUT2D eigenvalue weighted by molar-refractivity contribution is 7.99. The number of nitrogens with zero attached hydrogens (tertiary/aromatic N) is 6. The van der Waals surface area contributed by atoms with Crippen molar-refractivity contribution < 1.29 is 13.2 Å². The van der Waals surface area contributed by atoms with Crippen LogP contribution in [0.5, 0.6) is 0 Å². The van der Waals surface area contributed by atoms with Crippen LogP contribution in [0.1, 0.15) is 6.42 Å². The monoisotopic (exact) mass is 436 g/mol. The molecule has 1 unspecified atom stereocenters. The Balaban J connectivity index is 1.28. The second kappa shape index (κ2) is 8.41. The molecule has 2 aromatic rings. The minimum Gasteiger partial charge on any atom is -0.339 e. The van der Waals surface area contributed by atoms with Crippen LogP contribution in [0.25, 0.3) is 11.4 Å². The fourth-order valence-electron chi connectivity index (χ4n) is 3.81. The lowest BCUT2D eigenvalue weighted by Crippen LogP contribution is -2.52. The van der Waals surface area contributed by atoms with Crippen LogP contribution in [0.4, 0.5) is 0 Å². The van der Waals surface area contributed by atoms with Crippen molar-refractivity contribution in [3.8, 4) is 11.4 Å². The van der Waals surface area contributed by atoms with Crippen molar-refractivity contribution in [2.45, 2.75) is 17.6 Å². The zero-order valence-corrected chi connectivity index (χ0v) is 17.9. The molecule has 0 radical (unpaired) electrons. The van der Waals surface area contributed by atoms with E-state index >= 15 is 0 Å². The molecule has 0 N–H and O–H groups in total. The molecule has 1 atom stereocenters. The number of carbonyl (C=O) groups is 1. The van der Waals surface area contributed by atoms with Gasteiger partial charge < -0.3 is 9.47 Å². The second-order valence-electron chi connectivity index (χ2n) is 7.36. The maximum Gasteiger partial charge on any atom is 0.233 e. The maximum atomic E-state index is 12.6. The molecule has 0 aromatic carbocycles. The van der Waals surface area contributed by atoms with Gasteiger partial charge in [0, 0.05) is 57.2 Å². The SMILES string of the molecule is Cn1c(SCC(=O)N2CCN(C3CCS(=O)(=O)C3)CC2)nnc1-c1ccncc1. The lowest BCUT2D eigenvalue weighted by molar-refractivity contribution is -0.130. The lowest BCUT2D eigenvalue weighted by atomic mass is 10.2. The molecule has 29 heavy (non-hydrogen) atoms. The summed E-state index contributed by atoms with van der Waals surface area (Å²) in [6.07, 6.45) is 4.13.